The van der Waals surface area contributed by atoms with E-state index in [0.717, 1.165) is 36.3 Å². The molecule has 1 amide bonds. The van der Waals surface area contributed by atoms with Gasteiger partial charge in [-0.2, -0.15) is 0 Å². The molecule has 27 heavy (non-hydrogen) atoms. The number of hydrogen-bond donors (Lipinski definition) is 2. The lowest BCUT2D eigenvalue weighted by atomic mass is 10.0. The largest absolute Gasteiger partial charge is 0.356 e. The van der Waals surface area contributed by atoms with Gasteiger partial charge in [0.15, 0.2) is 5.11 Å². The summed E-state index contributed by atoms with van der Waals surface area (Å²) in [7, 11) is 0. The van der Waals surface area contributed by atoms with Gasteiger partial charge in [0.1, 0.15) is 0 Å². The van der Waals surface area contributed by atoms with E-state index < -0.39 is 0 Å². The highest BCUT2D eigenvalue weighted by molar-refractivity contribution is 7.80. The van der Waals surface area contributed by atoms with E-state index in [0.29, 0.717) is 11.5 Å². The van der Waals surface area contributed by atoms with Gasteiger partial charge in [-0.25, -0.2) is 0 Å². The first kappa shape index (κ1) is 19.4. The van der Waals surface area contributed by atoms with Crippen molar-refractivity contribution in [3.8, 4) is 0 Å². The van der Waals surface area contributed by atoms with E-state index in [9.17, 15) is 4.79 Å². The van der Waals surface area contributed by atoms with Gasteiger partial charge in [0.25, 0.3) is 0 Å². The van der Waals surface area contributed by atoms with Gasteiger partial charge in [0.05, 0.1) is 6.04 Å². The number of thiocarbonyl (C=S) groups is 1. The Hall–Kier alpha value is -2.40. The second kappa shape index (κ2) is 8.53. The molecular formula is C22H27N3OS. The summed E-state index contributed by atoms with van der Waals surface area (Å²) in [4.78, 5) is 14.0. The Morgan fingerprint density at radius 3 is 2.56 bits per heavy atom. The predicted molar refractivity (Wildman–Crippen MR) is 116 cm³/mol. The van der Waals surface area contributed by atoms with E-state index in [4.69, 9.17) is 12.2 Å². The third-order valence-electron chi connectivity index (χ3n) is 5.02. The lowest BCUT2D eigenvalue weighted by Gasteiger charge is -2.22. The smallest absolute Gasteiger partial charge is 0.227 e. The Kier molecular flexibility index (Phi) is 6.11. The molecule has 1 heterocycles. The SMILES string of the molecule is CC[C@H](NC(=S)Nc1ccc(C)c(N2CCCC2=O)c1)c1ccc(C)cc1. The number of nitrogens with one attached hydrogen (secondary N) is 2. The van der Waals surface area contributed by atoms with Crippen LogP contribution in [0.1, 0.15) is 48.9 Å². The van der Waals surface area contributed by atoms with Crippen LogP contribution in [0.2, 0.25) is 0 Å². The molecule has 0 unspecified atom stereocenters. The Morgan fingerprint density at radius 1 is 1.19 bits per heavy atom. The number of anilines is 2. The van der Waals surface area contributed by atoms with Gasteiger partial charge in [-0.3, -0.25) is 4.79 Å². The van der Waals surface area contributed by atoms with Crippen molar-refractivity contribution in [2.75, 3.05) is 16.8 Å². The van der Waals surface area contributed by atoms with Crippen molar-refractivity contribution in [3.05, 3.63) is 59.2 Å². The fraction of sp³-hybridized carbons (Fsp3) is 0.364. The number of carbonyl (C=O) groups is 1. The molecule has 2 aromatic carbocycles. The first-order chi connectivity index (χ1) is 13.0. The zero-order valence-corrected chi connectivity index (χ0v) is 17.0. The molecule has 0 radical (unpaired) electrons. The number of hydrogen-bond acceptors (Lipinski definition) is 2. The van der Waals surface area contributed by atoms with E-state index in [1.165, 1.54) is 11.1 Å². The van der Waals surface area contributed by atoms with Gasteiger partial charge in [-0.1, -0.05) is 42.8 Å². The minimum absolute atomic E-state index is 0.163. The monoisotopic (exact) mass is 381 g/mol. The highest BCUT2D eigenvalue weighted by Gasteiger charge is 2.23. The third kappa shape index (κ3) is 4.66. The van der Waals surface area contributed by atoms with E-state index in [2.05, 4.69) is 48.7 Å². The fourth-order valence-corrected chi connectivity index (χ4v) is 3.69. The summed E-state index contributed by atoms with van der Waals surface area (Å²) in [5, 5.41) is 7.27. The first-order valence-electron chi connectivity index (χ1n) is 9.53. The van der Waals surface area contributed by atoms with Gasteiger partial charge in [-0.15, -0.1) is 0 Å². The number of nitrogens with zero attached hydrogens (tertiary/aromatic N) is 1. The summed E-state index contributed by atoms with van der Waals surface area (Å²) in [6.45, 7) is 7.05. The molecule has 0 aliphatic carbocycles. The zero-order valence-electron chi connectivity index (χ0n) is 16.2. The average molecular weight is 382 g/mol. The van der Waals surface area contributed by atoms with Crippen molar-refractivity contribution in [2.45, 2.75) is 46.1 Å². The topological polar surface area (TPSA) is 44.4 Å². The molecule has 3 rings (SSSR count). The molecule has 0 spiro atoms. The lowest BCUT2D eigenvalue weighted by Crippen LogP contribution is -2.32. The minimum atomic E-state index is 0.163. The van der Waals surface area contributed by atoms with E-state index in [1.54, 1.807) is 0 Å². The minimum Gasteiger partial charge on any atom is -0.356 e. The maximum atomic E-state index is 12.1. The summed E-state index contributed by atoms with van der Waals surface area (Å²) < 4.78 is 0. The van der Waals surface area contributed by atoms with Crippen LogP contribution < -0.4 is 15.5 Å². The normalized spacial score (nSPS) is 14.9. The molecule has 0 bridgehead atoms. The molecule has 0 aromatic heterocycles. The number of aryl methyl sites for hydroxylation is 2. The second-order valence-corrected chi connectivity index (χ2v) is 7.53. The summed E-state index contributed by atoms with van der Waals surface area (Å²) in [5.74, 6) is 0.196. The molecule has 1 saturated heterocycles. The van der Waals surface area contributed by atoms with Gasteiger partial charge >= 0.3 is 0 Å². The van der Waals surface area contributed by atoms with E-state index in [-0.39, 0.29) is 11.9 Å². The number of amides is 1. The molecule has 2 N–H and O–H groups in total. The van der Waals surface area contributed by atoms with Gasteiger partial charge < -0.3 is 15.5 Å². The van der Waals surface area contributed by atoms with Gasteiger partial charge in [0.2, 0.25) is 5.91 Å². The molecule has 5 heteroatoms. The second-order valence-electron chi connectivity index (χ2n) is 7.12. The van der Waals surface area contributed by atoms with Gasteiger partial charge in [0, 0.05) is 24.3 Å². The van der Waals surface area contributed by atoms with Crippen LogP contribution in [0.3, 0.4) is 0 Å². The fourth-order valence-electron chi connectivity index (χ4n) is 3.43. The van der Waals surface area contributed by atoms with E-state index in [1.807, 2.05) is 30.0 Å². The van der Waals surface area contributed by atoms with Crippen LogP contribution in [0.4, 0.5) is 11.4 Å². The van der Waals surface area contributed by atoms with Crippen LogP contribution in [0.5, 0.6) is 0 Å². The summed E-state index contributed by atoms with van der Waals surface area (Å²) in [6, 6.07) is 14.7. The molecule has 142 valence electrons. The van der Waals surface area contributed by atoms with Crippen molar-refractivity contribution in [2.24, 2.45) is 0 Å². The van der Waals surface area contributed by atoms with Crippen LogP contribution in [0, 0.1) is 13.8 Å². The van der Waals surface area contributed by atoms with Crippen molar-refractivity contribution in [1.82, 2.24) is 5.32 Å². The van der Waals surface area contributed by atoms with Crippen LogP contribution in [-0.2, 0) is 4.79 Å². The third-order valence-corrected chi connectivity index (χ3v) is 5.24. The predicted octanol–water partition coefficient (Wildman–Crippen LogP) is 4.87. The molecule has 4 nitrogen and oxygen atoms in total. The van der Waals surface area contributed by atoms with Crippen molar-refractivity contribution < 1.29 is 4.79 Å². The van der Waals surface area contributed by atoms with Crippen molar-refractivity contribution in [3.63, 3.8) is 0 Å². The maximum Gasteiger partial charge on any atom is 0.227 e. The molecule has 1 aliphatic rings. The number of carbonyl (C=O) groups excluding carboxylic acids is 1. The zero-order chi connectivity index (χ0) is 19.4. The quantitative estimate of drug-likeness (QED) is 0.726. The van der Waals surface area contributed by atoms with Crippen LogP contribution in [0.25, 0.3) is 0 Å². The molecule has 2 aromatic rings. The molecule has 1 atom stereocenters. The molecule has 1 aliphatic heterocycles. The number of rotatable bonds is 5. The lowest BCUT2D eigenvalue weighted by molar-refractivity contribution is -0.117. The standard InChI is InChI=1S/C22H27N3OS/c1-4-19(17-10-7-15(2)8-11-17)24-22(27)23-18-12-9-16(3)20(14-18)25-13-5-6-21(25)26/h7-12,14,19H,4-6,13H2,1-3H3,(H2,23,24,27)/t19-/m0/s1. The van der Waals surface area contributed by atoms with Crippen molar-refractivity contribution >= 4 is 34.6 Å². The maximum absolute atomic E-state index is 12.1. The Morgan fingerprint density at radius 2 is 1.93 bits per heavy atom. The highest BCUT2D eigenvalue weighted by atomic mass is 32.1. The molecule has 1 fully saturated rings. The first-order valence-corrected chi connectivity index (χ1v) is 9.94. The molecular weight excluding hydrogens is 354 g/mol. The summed E-state index contributed by atoms with van der Waals surface area (Å²) in [5.41, 5.74) is 5.43. The van der Waals surface area contributed by atoms with Crippen molar-refractivity contribution in [1.29, 1.82) is 0 Å². The van der Waals surface area contributed by atoms with Crippen LogP contribution >= 0.6 is 12.2 Å². The van der Waals surface area contributed by atoms with E-state index >= 15 is 0 Å². The Bertz CT molecular complexity index is 832. The molecule has 0 saturated carbocycles. The average Bonchev–Trinajstić information content (AvgIpc) is 3.08. The number of benzene rings is 2. The van der Waals surface area contributed by atoms with Crippen LogP contribution in [-0.4, -0.2) is 17.6 Å². The van der Waals surface area contributed by atoms with Crippen LogP contribution in [0.15, 0.2) is 42.5 Å². The Labute approximate surface area is 167 Å². The summed E-state index contributed by atoms with van der Waals surface area (Å²) in [6.07, 6.45) is 2.49. The highest BCUT2D eigenvalue weighted by Crippen LogP contribution is 2.28. The van der Waals surface area contributed by atoms with Gasteiger partial charge in [-0.05, 0) is 62.2 Å². The Balaban J connectivity index is 1.70. The summed E-state index contributed by atoms with van der Waals surface area (Å²) >= 11 is 5.54.